The molecule has 15 heteroatoms. The van der Waals surface area contributed by atoms with Crippen LogP contribution in [0.2, 0.25) is 0 Å². The molecule has 9 aromatic carbocycles. The van der Waals surface area contributed by atoms with Crippen LogP contribution in [-0.2, 0) is 35.5 Å². The normalized spacial score (nSPS) is 11.8. The first-order chi connectivity index (χ1) is 55.2. The zero-order valence-corrected chi connectivity index (χ0v) is 76.9. The Morgan fingerprint density at radius 3 is 0.916 bits per heavy atom. The predicted molar refractivity (Wildman–Crippen MR) is 492 cm³/mol. The van der Waals surface area contributed by atoms with Crippen LogP contribution in [0.1, 0.15) is 301 Å². The van der Waals surface area contributed by atoms with Crippen LogP contribution in [0.3, 0.4) is 0 Å². The van der Waals surface area contributed by atoms with Gasteiger partial charge in [-0.1, -0.05) is 211 Å². The lowest BCUT2D eigenvalue weighted by atomic mass is 9.98. The number of sulfone groups is 1. The van der Waals surface area contributed by atoms with Gasteiger partial charge < -0.3 is 14.7 Å². The second kappa shape index (κ2) is 57.5. The van der Waals surface area contributed by atoms with Gasteiger partial charge in [-0.15, -0.1) is 0 Å². The lowest BCUT2D eigenvalue weighted by Gasteiger charge is -2.14. The Balaban J connectivity index is 0.000000674. The molecule has 0 radical (unpaired) electrons. The van der Waals surface area contributed by atoms with E-state index in [1.54, 1.807) is 78.9 Å². The van der Waals surface area contributed by atoms with Crippen LogP contribution < -0.4 is 0 Å². The summed E-state index contributed by atoms with van der Waals surface area (Å²) in [5.41, 5.74) is 15.5. The summed E-state index contributed by atoms with van der Waals surface area (Å²) in [6.45, 7) is 46.7. The minimum atomic E-state index is -2.99. The number of halogens is 9. The zero-order valence-electron chi connectivity index (χ0n) is 76.1. The SMILES string of the molecule is C.CC(C)c1cc(F)cc(CCCN(C)C)c1.CC(C)c1cc(F)cc(CCCN(C)C)c1.CC(C)c1cc(F)cc(CCCN2CCCC2)c1.CC(C)c1cc(F)cc(CCS(C)(=O)=O)c1.CC(C)c1ccc(F)cc1.CC(C)c1cccc(F)c1.CC(C)c1ccccc1F.Cc1cc(F)cc(C(C)C)c1.Cc1cc(F)cc(C(C)C)c1. The topological polar surface area (TPSA) is 43.9 Å². The monoisotopic (exact) mass is 1670 g/mol. The van der Waals surface area contributed by atoms with Crippen molar-refractivity contribution in [2.45, 2.75) is 257 Å². The quantitative estimate of drug-likeness (QED) is 0.0564. The molecule has 1 aliphatic rings. The van der Waals surface area contributed by atoms with E-state index >= 15 is 0 Å². The van der Waals surface area contributed by atoms with E-state index in [-0.39, 0.29) is 77.4 Å². The fourth-order valence-corrected chi connectivity index (χ4v) is 13.1. The van der Waals surface area contributed by atoms with Crippen molar-refractivity contribution in [2.75, 3.05) is 72.9 Å². The molecule has 0 aliphatic carbocycles. The third-order valence-corrected chi connectivity index (χ3v) is 20.6. The maximum atomic E-state index is 13.5. The van der Waals surface area contributed by atoms with E-state index in [0.29, 0.717) is 47.8 Å². The van der Waals surface area contributed by atoms with E-state index in [9.17, 15) is 47.9 Å². The molecule has 0 atom stereocenters. The minimum absolute atomic E-state index is 0. The first kappa shape index (κ1) is 109. The Kier molecular flexibility index (Phi) is 52.7. The predicted octanol–water partition coefficient (Wildman–Crippen LogP) is 29.4. The van der Waals surface area contributed by atoms with Gasteiger partial charge in [0.1, 0.15) is 62.2 Å². The summed E-state index contributed by atoms with van der Waals surface area (Å²) in [4.78, 5) is 6.83. The molecule has 1 heterocycles. The number of nitrogens with zero attached hydrogens (tertiary/aromatic N) is 3. The minimum Gasteiger partial charge on any atom is -0.309 e. The number of likely N-dealkylation sites (tertiary alicyclic amines) is 1. The van der Waals surface area contributed by atoms with E-state index in [4.69, 9.17) is 0 Å². The molecule has 0 bridgehead atoms. The van der Waals surface area contributed by atoms with Gasteiger partial charge in [-0.05, 0) is 372 Å². The molecular weight excluding hydrogens is 1530 g/mol. The summed E-state index contributed by atoms with van der Waals surface area (Å²) in [5.74, 6) is 2.22. The molecule has 0 spiro atoms. The molecule has 119 heavy (non-hydrogen) atoms. The van der Waals surface area contributed by atoms with Crippen LogP contribution in [0.5, 0.6) is 0 Å². The number of rotatable bonds is 24. The molecule has 0 unspecified atom stereocenters. The third-order valence-electron chi connectivity index (χ3n) is 19.7. The number of hydrogen-bond acceptors (Lipinski definition) is 5. The molecule has 10 rings (SSSR count). The van der Waals surface area contributed by atoms with E-state index in [1.165, 1.54) is 74.1 Å². The van der Waals surface area contributed by atoms with Crippen molar-refractivity contribution in [3.05, 3.63) is 318 Å². The van der Waals surface area contributed by atoms with E-state index in [0.717, 1.165) is 136 Å². The fourth-order valence-electron chi connectivity index (χ4n) is 12.5. The first-order valence-corrected chi connectivity index (χ1v) is 44.4. The van der Waals surface area contributed by atoms with Crippen molar-refractivity contribution < 1.29 is 47.9 Å². The Morgan fingerprint density at radius 2 is 0.630 bits per heavy atom. The average Bonchev–Trinajstić information content (AvgIpc) is 1.56. The largest absolute Gasteiger partial charge is 0.309 e. The van der Waals surface area contributed by atoms with E-state index in [1.807, 2.05) is 90.1 Å². The van der Waals surface area contributed by atoms with Crippen LogP contribution in [0.25, 0.3) is 0 Å². The molecule has 5 nitrogen and oxygen atoms in total. The number of benzene rings is 9. The smallest absolute Gasteiger partial charge is 0.147 e. The molecule has 0 amide bonds. The summed E-state index contributed by atoms with van der Waals surface area (Å²) in [5, 5.41) is 0. The molecular formula is C104H148F9N3O2S. The molecule has 660 valence electrons. The molecule has 0 saturated carbocycles. The Morgan fingerprint density at radius 1 is 0.319 bits per heavy atom. The van der Waals surface area contributed by atoms with Gasteiger partial charge in [-0.2, -0.15) is 0 Å². The van der Waals surface area contributed by atoms with Gasteiger partial charge >= 0.3 is 0 Å². The molecule has 1 aliphatic heterocycles. The standard InChI is InChI=1S/C16H24FN.2C14H22FN.C12H17FO2S.2C10H13F.3C9H11F.CH4/c1-13(2)15-10-14(11-16(17)12-15)6-5-9-18-7-3-4-8-18;2*1-11(2)13-8-12(9-14(15)10-13)6-5-7-16(3)4;1-9(2)11-6-10(7-12(13)8-11)4-5-16(3,14)15;2*1-7(2)9-4-8(3)5-10(11)6-9;1-7(2)8-3-5-9(10)6-4-8;1-7(2)8-4-3-5-9(10)6-8;1-7(2)8-5-3-4-6-9(8)10;/h10-13H,3-9H2,1-2H3;2*8-11H,5-7H2,1-4H3;6-9H,4-5H2,1-3H3;2*4-7H,1-3H3;3*3-7H,1-2H3;1H4. The Hall–Kier alpha value is -7.82. The van der Waals surface area contributed by atoms with Crippen LogP contribution in [-0.4, -0.2) is 96.0 Å². The van der Waals surface area contributed by atoms with Crippen molar-refractivity contribution in [3.63, 3.8) is 0 Å². The number of hydrogen-bond donors (Lipinski definition) is 0. The van der Waals surface area contributed by atoms with Crippen molar-refractivity contribution in [3.8, 4) is 0 Å². The summed E-state index contributed by atoms with van der Waals surface area (Å²) >= 11 is 0. The Labute approximate surface area is 716 Å². The molecule has 1 saturated heterocycles. The van der Waals surface area contributed by atoms with Crippen molar-refractivity contribution >= 4 is 9.84 Å². The first-order valence-electron chi connectivity index (χ1n) is 42.4. The van der Waals surface area contributed by atoms with E-state index in [2.05, 4.69) is 158 Å². The van der Waals surface area contributed by atoms with Gasteiger partial charge in [0, 0.05) is 6.26 Å². The fraction of sp³-hybridized carbons (Fsp3) is 0.481. The van der Waals surface area contributed by atoms with Crippen LogP contribution in [0, 0.1) is 66.2 Å². The van der Waals surface area contributed by atoms with Gasteiger partial charge in [-0.25, -0.2) is 47.9 Å². The van der Waals surface area contributed by atoms with E-state index < -0.39 is 9.84 Å². The summed E-state index contributed by atoms with van der Waals surface area (Å²) in [7, 11) is 5.25. The Bertz CT molecular complexity index is 4250. The number of aryl methyl sites for hydroxylation is 6. The third kappa shape index (κ3) is 49.0. The van der Waals surface area contributed by atoms with Crippen molar-refractivity contribution in [2.24, 2.45) is 0 Å². The van der Waals surface area contributed by atoms with Crippen LogP contribution in [0.15, 0.2) is 182 Å². The highest BCUT2D eigenvalue weighted by molar-refractivity contribution is 7.90. The van der Waals surface area contributed by atoms with Gasteiger partial charge in [0.15, 0.2) is 0 Å². The highest BCUT2D eigenvalue weighted by Crippen LogP contribution is 2.26. The van der Waals surface area contributed by atoms with Crippen LogP contribution in [0.4, 0.5) is 39.5 Å². The summed E-state index contributed by atoms with van der Waals surface area (Å²) < 4.78 is 139. The highest BCUT2D eigenvalue weighted by atomic mass is 32.2. The van der Waals surface area contributed by atoms with Crippen LogP contribution >= 0.6 is 0 Å². The van der Waals surface area contributed by atoms with Gasteiger partial charge in [-0.3, -0.25) is 0 Å². The lowest BCUT2D eigenvalue weighted by Crippen LogP contribution is -2.20. The molecule has 0 aromatic heterocycles. The zero-order chi connectivity index (χ0) is 89.1. The molecule has 9 aromatic rings. The van der Waals surface area contributed by atoms with Gasteiger partial charge in [0.2, 0.25) is 0 Å². The van der Waals surface area contributed by atoms with Gasteiger partial charge in [0.05, 0.1) is 5.75 Å². The maximum absolute atomic E-state index is 13.5. The average molecular weight is 1680 g/mol. The van der Waals surface area contributed by atoms with Crippen molar-refractivity contribution in [1.29, 1.82) is 0 Å². The molecule has 1 fully saturated rings. The second-order valence-electron chi connectivity index (χ2n) is 34.6. The van der Waals surface area contributed by atoms with Gasteiger partial charge in [0.25, 0.3) is 0 Å². The second-order valence-corrected chi connectivity index (χ2v) is 36.8. The highest BCUT2D eigenvalue weighted by Gasteiger charge is 2.14. The summed E-state index contributed by atoms with van der Waals surface area (Å²) in [6, 6.07) is 51.7. The summed E-state index contributed by atoms with van der Waals surface area (Å²) in [6.07, 6.45) is 10.4. The lowest BCUT2D eigenvalue weighted by molar-refractivity contribution is 0.334. The molecule has 0 N–H and O–H groups in total. The maximum Gasteiger partial charge on any atom is 0.147 e. The van der Waals surface area contributed by atoms with Crippen molar-refractivity contribution in [1.82, 2.24) is 14.7 Å².